The molecule has 1 heterocycles. The molecule has 0 aliphatic carbocycles. The van der Waals surface area contributed by atoms with Gasteiger partial charge >= 0.3 is 0 Å². The summed E-state index contributed by atoms with van der Waals surface area (Å²) in [6, 6.07) is 14.2. The van der Waals surface area contributed by atoms with Crippen molar-refractivity contribution in [3.05, 3.63) is 64.1 Å². The van der Waals surface area contributed by atoms with E-state index in [1.165, 1.54) is 0 Å². The van der Waals surface area contributed by atoms with Crippen molar-refractivity contribution in [3.63, 3.8) is 0 Å². The van der Waals surface area contributed by atoms with E-state index in [4.69, 9.17) is 0 Å². The average Bonchev–Trinajstić information content (AvgIpc) is 2.45. The molecule has 0 saturated heterocycles. The van der Waals surface area contributed by atoms with Gasteiger partial charge in [-0.1, -0.05) is 56.3 Å². The molecule has 0 bridgehead atoms. The Morgan fingerprint density at radius 3 is 2.48 bits per heavy atom. The Kier molecular flexibility index (Phi) is 3.34. The van der Waals surface area contributed by atoms with Gasteiger partial charge in [0.05, 0.1) is 0 Å². The van der Waals surface area contributed by atoms with E-state index >= 15 is 0 Å². The maximum Gasteiger partial charge on any atom is 0.254 e. The molecule has 0 radical (unpaired) electrons. The van der Waals surface area contributed by atoms with Crippen LogP contribution in [0.5, 0.6) is 0 Å². The van der Waals surface area contributed by atoms with E-state index in [-0.39, 0.29) is 11.5 Å². The van der Waals surface area contributed by atoms with Gasteiger partial charge in [0.15, 0.2) is 0 Å². The third kappa shape index (κ3) is 2.35. The number of nitrogens with one attached hydrogen (secondary N) is 1. The molecule has 2 aromatic carbocycles. The second-order valence-corrected chi connectivity index (χ2v) is 5.60. The first-order chi connectivity index (χ1) is 10.1. The zero-order valence-electron chi connectivity index (χ0n) is 12.5. The number of hydrogen-bond donors (Lipinski definition) is 1. The van der Waals surface area contributed by atoms with Crippen LogP contribution in [0.4, 0.5) is 0 Å². The van der Waals surface area contributed by atoms with Crippen LogP contribution in [0.25, 0.3) is 22.2 Å². The van der Waals surface area contributed by atoms with E-state index in [0.717, 1.165) is 27.6 Å². The smallest absolute Gasteiger partial charge is 0.254 e. The van der Waals surface area contributed by atoms with Crippen LogP contribution in [0.1, 0.15) is 31.0 Å². The molecule has 1 N–H and O–H groups in total. The van der Waals surface area contributed by atoms with Gasteiger partial charge in [0.25, 0.3) is 5.56 Å². The Morgan fingerprint density at radius 2 is 1.76 bits per heavy atom. The fraction of sp³-hybridized carbons (Fsp3) is 0.222. The molecule has 106 valence electrons. The first-order valence-corrected chi connectivity index (χ1v) is 7.17. The van der Waals surface area contributed by atoms with Crippen molar-refractivity contribution in [2.45, 2.75) is 26.7 Å². The first-order valence-electron chi connectivity index (χ1n) is 7.17. The SMILES string of the molecule is Cc1nc(-c2cccc3ccccc23)[nH]c(=O)c1C(C)C. The van der Waals surface area contributed by atoms with Crippen molar-refractivity contribution >= 4 is 10.8 Å². The Bertz CT molecular complexity index is 857. The molecule has 0 spiro atoms. The predicted molar refractivity (Wildman–Crippen MR) is 86.6 cm³/mol. The number of rotatable bonds is 2. The molecule has 0 saturated carbocycles. The summed E-state index contributed by atoms with van der Waals surface area (Å²) in [5, 5.41) is 2.24. The van der Waals surface area contributed by atoms with Gasteiger partial charge in [-0.3, -0.25) is 4.79 Å². The van der Waals surface area contributed by atoms with Crippen LogP contribution < -0.4 is 5.56 Å². The van der Waals surface area contributed by atoms with Crippen molar-refractivity contribution in [2.75, 3.05) is 0 Å². The largest absolute Gasteiger partial charge is 0.306 e. The van der Waals surface area contributed by atoms with E-state index in [2.05, 4.69) is 28.2 Å². The zero-order chi connectivity index (χ0) is 15.0. The van der Waals surface area contributed by atoms with Crippen LogP contribution >= 0.6 is 0 Å². The molecular formula is C18H18N2O. The lowest BCUT2D eigenvalue weighted by Crippen LogP contribution is -2.18. The number of H-pyrrole nitrogens is 1. The zero-order valence-corrected chi connectivity index (χ0v) is 12.5. The lowest BCUT2D eigenvalue weighted by molar-refractivity contribution is 0.815. The Labute approximate surface area is 123 Å². The van der Waals surface area contributed by atoms with Crippen molar-refractivity contribution in [1.29, 1.82) is 0 Å². The van der Waals surface area contributed by atoms with Crippen molar-refractivity contribution < 1.29 is 0 Å². The molecule has 0 amide bonds. The summed E-state index contributed by atoms with van der Waals surface area (Å²) < 4.78 is 0. The summed E-state index contributed by atoms with van der Waals surface area (Å²) in [7, 11) is 0. The third-order valence-electron chi connectivity index (χ3n) is 3.77. The van der Waals surface area contributed by atoms with Gasteiger partial charge in [-0.15, -0.1) is 0 Å². The second-order valence-electron chi connectivity index (χ2n) is 5.60. The van der Waals surface area contributed by atoms with Gasteiger partial charge in [0.2, 0.25) is 0 Å². The van der Waals surface area contributed by atoms with E-state index in [1.807, 2.05) is 45.0 Å². The molecule has 3 aromatic rings. The summed E-state index contributed by atoms with van der Waals surface area (Å²) in [6.07, 6.45) is 0. The molecule has 21 heavy (non-hydrogen) atoms. The van der Waals surface area contributed by atoms with Gasteiger partial charge < -0.3 is 4.98 Å². The Hall–Kier alpha value is -2.42. The number of hydrogen-bond acceptors (Lipinski definition) is 2. The van der Waals surface area contributed by atoms with Gasteiger partial charge in [0, 0.05) is 16.8 Å². The molecule has 3 nitrogen and oxygen atoms in total. The third-order valence-corrected chi connectivity index (χ3v) is 3.77. The standard InChI is InChI=1S/C18H18N2O/c1-11(2)16-12(3)19-17(20-18(16)21)15-10-6-8-13-7-4-5-9-14(13)15/h4-11H,1-3H3,(H,19,20,21). The van der Waals surface area contributed by atoms with Gasteiger partial charge in [0.1, 0.15) is 5.82 Å². The second kappa shape index (κ2) is 5.17. The fourth-order valence-electron chi connectivity index (χ4n) is 2.83. The minimum absolute atomic E-state index is 0.0413. The molecular weight excluding hydrogens is 260 g/mol. The number of aromatic amines is 1. The number of benzene rings is 2. The Balaban J connectivity index is 2.27. The molecule has 3 rings (SSSR count). The molecule has 0 aliphatic heterocycles. The summed E-state index contributed by atoms with van der Waals surface area (Å²) >= 11 is 0. The quantitative estimate of drug-likeness (QED) is 0.769. The number of fused-ring (bicyclic) bond motifs is 1. The normalized spacial score (nSPS) is 11.2. The summed E-state index contributed by atoms with van der Waals surface area (Å²) in [6.45, 7) is 5.92. The number of nitrogens with zero attached hydrogens (tertiary/aromatic N) is 1. The predicted octanol–water partition coefficient (Wildman–Crippen LogP) is 4.02. The highest BCUT2D eigenvalue weighted by atomic mass is 16.1. The van der Waals surface area contributed by atoms with Crippen LogP contribution in [0, 0.1) is 6.92 Å². The van der Waals surface area contributed by atoms with E-state index in [9.17, 15) is 4.79 Å². The minimum atomic E-state index is -0.0413. The summed E-state index contributed by atoms with van der Waals surface area (Å²) in [5.41, 5.74) is 2.49. The van der Waals surface area contributed by atoms with Crippen LogP contribution in [0.2, 0.25) is 0 Å². The molecule has 0 atom stereocenters. The van der Waals surface area contributed by atoms with Crippen LogP contribution in [-0.2, 0) is 0 Å². The van der Waals surface area contributed by atoms with Gasteiger partial charge in [-0.25, -0.2) is 4.98 Å². The number of aromatic nitrogens is 2. The lowest BCUT2D eigenvalue weighted by atomic mass is 10.0. The Morgan fingerprint density at radius 1 is 1.05 bits per heavy atom. The average molecular weight is 278 g/mol. The van der Waals surface area contributed by atoms with Gasteiger partial charge in [-0.2, -0.15) is 0 Å². The van der Waals surface area contributed by atoms with Crippen LogP contribution in [0.3, 0.4) is 0 Å². The highest BCUT2D eigenvalue weighted by Gasteiger charge is 2.13. The van der Waals surface area contributed by atoms with E-state index in [1.54, 1.807) is 0 Å². The van der Waals surface area contributed by atoms with Crippen molar-refractivity contribution in [1.82, 2.24) is 9.97 Å². The minimum Gasteiger partial charge on any atom is -0.306 e. The van der Waals surface area contributed by atoms with Gasteiger partial charge in [-0.05, 0) is 23.6 Å². The molecule has 0 fully saturated rings. The summed E-state index contributed by atoms with van der Waals surface area (Å²) in [5.74, 6) is 0.807. The molecule has 1 aromatic heterocycles. The van der Waals surface area contributed by atoms with E-state index < -0.39 is 0 Å². The number of aryl methyl sites for hydroxylation is 1. The first kappa shape index (κ1) is 13.6. The highest BCUT2D eigenvalue weighted by Crippen LogP contribution is 2.26. The monoisotopic (exact) mass is 278 g/mol. The maximum absolute atomic E-state index is 12.3. The van der Waals surface area contributed by atoms with Crippen LogP contribution in [0.15, 0.2) is 47.3 Å². The van der Waals surface area contributed by atoms with Crippen molar-refractivity contribution in [2.24, 2.45) is 0 Å². The summed E-state index contributed by atoms with van der Waals surface area (Å²) in [4.78, 5) is 19.9. The lowest BCUT2D eigenvalue weighted by Gasteiger charge is -2.11. The highest BCUT2D eigenvalue weighted by molar-refractivity contribution is 5.94. The molecule has 0 unspecified atom stereocenters. The topological polar surface area (TPSA) is 45.8 Å². The molecule has 0 aliphatic rings. The fourth-order valence-corrected chi connectivity index (χ4v) is 2.83. The maximum atomic E-state index is 12.3. The molecule has 3 heteroatoms. The van der Waals surface area contributed by atoms with Crippen LogP contribution in [-0.4, -0.2) is 9.97 Å². The van der Waals surface area contributed by atoms with E-state index in [0.29, 0.717) is 5.82 Å². The van der Waals surface area contributed by atoms with Crippen molar-refractivity contribution in [3.8, 4) is 11.4 Å².